The summed E-state index contributed by atoms with van der Waals surface area (Å²) >= 11 is 0. The molecule has 1 aliphatic rings. The first-order valence-corrected chi connectivity index (χ1v) is 6.37. The minimum Gasteiger partial charge on any atom is -0.384 e. The first kappa shape index (κ1) is 12.8. The van der Waals surface area contributed by atoms with E-state index in [4.69, 9.17) is 5.73 Å². The maximum absolute atomic E-state index is 11.8. The number of hydrogen-bond acceptors (Lipinski definition) is 4. The zero-order valence-electron chi connectivity index (χ0n) is 10.7. The van der Waals surface area contributed by atoms with E-state index in [2.05, 4.69) is 22.2 Å². The second-order valence-corrected chi connectivity index (χ2v) is 4.79. The molecule has 18 heavy (non-hydrogen) atoms. The molecule has 0 aromatic carbocycles. The standard InChI is InChI=1S/C13H20N4O/c1-17-8-2-3-11(17)6-7-15-13(18)10-4-5-12(14)16-9-10/h4-5,9,11H,2-3,6-8H2,1H3,(H2,14,16)(H,15,18). The van der Waals surface area contributed by atoms with Crippen LogP contribution in [0.1, 0.15) is 29.6 Å². The molecule has 1 aliphatic heterocycles. The SMILES string of the molecule is CN1CCCC1CCNC(=O)c1ccc(N)nc1. The molecule has 0 radical (unpaired) electrons. The number of anilines is 1. The second-order valence-electron chi connectivity index (χ2n) is 4.79. The van der Waals surface area contributed by atoms with Gasteiger partial charge in [0.15, 0.2) is 0 Å². The molecule has 2 rings (SSSR count). The van der Waals surface area contributed by atoms with Crippen molar-refractivity contribution >= 4 is 11.7 Å². The monoisotopic (exact) mass is 248 g/mol. The van der Waals surface area contributed by atoms with Crippen molar-refractivity contribution in [2.75, 3.05) is 25.9 Å². The first-order valence-electron chi connectivity index (χ1n) is 6.37. The van der Waals surface area contributed by atoms with Crippen LogP contribution in [-0.2, 0) is 0 Å². The Balaban J connectivity index is 1.76. The number of nitrogens with zero attached hydrogens (tertiary/aromatic N) is 2. The fraction of sp³-hybridized carbons (Fsp3) is 0.538. The van der Waals surface area contributed by atoms with Gasteiger partial charge in [-0.2, -0.15) is 0 Å². The smallest absolute Gasteiger partial charge is 0.252 e. The number of amides is 1. The summed E-state index contributed by atoms with van der Waals surface area (Å²) in [5.74, 6) is 0.349. The summed E-state index contributed by atoms with van der Waals surface area (Å²) in [5, 5.41) is 2.92. The van der Waals surface area contributed by atoms with E-state index < -0.39 is 0 Å². The number of nitrogens with one attached hydrogen (secondary N) is 1. The Bertz CT molecular complexity index is 404. The minimum absolute atomic E-state index is 0.0804. The predicted molar refractivity (Wildman–Crippen MR) is 71.3 cm³/mol. The van der Waals surface area contributed by atoms with Crippen LogP contribution in [0.15, 0.2) is 18.3 Å². The number of likely N-dealkylation sites (tertiary alicyclic amines) is 1. The van der Waals surface area contributed by atoms with Crippen molar-refractivity contribution in [2.24, 2.45) is 0 Å². The third-order valence-electron chi connectivity index (χ3n) is 3.48. The number of nitrogen functional groups attached to an aromatic ring is 1. The van der Waals surface area contributed by atoms with Crippen molar-refractivity contribution in [1.29, 1.82) is 0 Å². The fourth-order valence-corrected chi connectivity index (χ4v) is 2.34. The van der Waals surface area contributed by atoms with Gasteiger partial charge in [0.2, 0.25) is 0 Å². The maximum Gasteiger partial charge on any atom is 0.252 e. The van der Waals surface area contributed by atoms with Gasteiger partial charge < -0.3 is 16.0 Å². The van der Waals surface area contributed by atoms with Crippen molar-refractivity contribution in [3.8, 4) is 0 Å². The second kappa shape index (κ2) is 5.82. The Morgan fingerprint density at radius 3 is 3.06 bits per heavy atom. The molecule has 1 aromatic rings. The highest BCUT2D eigenvalue weighted by Crippen LogP contribution is 2.17. The van der Waals surface area contributed by atoms with Gasteiger partial charge in [-0.1, -0.05) is 0 Å². The van der Waals surface area contributed by atoms with Crippen LogP contribution in [0.3, 0.4) is 0 Å². The van der Waals surface area contributed by atoms with E-state index in [1.54, 1.807) is 12.1 Å². The number of pyridine rings is 1. The lowest BCUT2D eigenvalue weighted by Gasteiger charge is -2.19. The Morgan fingerprint density at radius 2 is 2.44 bits per heavy atom. The highest BCUT2D eigenvalue weighted by molar-refractivity contribution is 5.93. The summed E-state index contributed by atoms with van der Waals surface area (Å²) in [7, 11) is 2.14. The lowest BCUT2D eigenvalue weighted by Crippen LogP contribution is -2.31. The van der Waals surface area contributed by atoms with E-state index in [0.29, 0.717) is 24.0 Å². The molecule has 1 unspecified atom stereocenters. The molecule has 1 aromatic heterocycles. The zero-order chi connectivity index (χ0) is 13.0. The molecular weight excluding hydrogens is 228 g/mol. The van der Waals surface area contributed by atoms with Crippen molar-refractivity contribution in [2.45, 2.75) is 25.3 Å². The summed E-state index contributed by atoms with van der Waals surface area (Å²) < 4.78 is 0. The Morgan fingerprint density at radius 1 is 1.61 bits per heavy atom. The van der Waals surface area contributed by atoms with Gasteiger partial charge in [-0.25, -0.2) is 4.98 Å². The van der Waals surface area contributed by atoms with E-state index in [1.807, 2.05) is 0 Å². The average Bonchev–Trinajstić information content (AvgIpc) is 2.76. The highest BCUT2D eigenvalue weighted by Gasteiger charge is 2.20. The molecular formula is C13H20N4O. The quantitative estimate of drug-likeness (QED) is 0.829. The normalized spacial score (nSPS) is 19.9. The summed E-state index contributed by atoms with van der Waals surface area (Å²) in [6, 6.07) is 3.94. The Hall–Kier alpha value is -1.62. The summed E-state index contributed by atoms with van der Waals surface area (Å²) in [6.45, 7) is 1.87. The van der Waals surface area contributed by atoms with Gasteiger partial charge in [-0.05, 0) is 45.0 Å². The van der Waals surface area contributed by atoms with Gasteiger partial charge in [0.1, 0.15) is 5.82 Å². The van der Waals surface area contributed by atoms with Crippen LogP contribution in [0.5, 0.6) is 0 Å². The van der Waals surface area contributed by atoms with Crippen molar-refractivity contribution < 1.29 is 4.79 Å². The number of aromatic nitrogens is 1. The van der Waals surface area contributed by atoms with Crippen molar-refractivity contribution in [3.05, 3.63) is 23.9 Å². The number of carbonyl (C=O) groups is 1. The number of nitrogens with two attached hydrogens (primary N) is 1. The van der Waals surface area contributed by atoms with Crippen LogP contribution in [-0.4, -0.2) is 42.0 Å². The molecule has 3 N–H and O–H groups in total. The lowest BCUT2D eigenvalue weighted by molar-refractivity contribution is 0.0950. The van der Waals surface area contributed by atoms with E-state index in [9.17, 15) is 4.79 Å². The summed E-state index contributed by atoms with van der Waals surface area (Å²) in [4.78, 5) is 18.1. The number of rotatable bonds is 4. The van der Waals surface area contributed by atoms with Gasteiger partial charge in [0.05, 0.1) is 5.56 Å². The van der Waals surface area contributed by atoms with Gasteiger partial charge in [0.25, 0.3) is 5.91 Å². The Kier molecular flexibility index (Phi) is 4.15. The molecule has 5 nitrogen and oxygen atoms in total. The molecule has 1 atom stereocenters. The van der Waals surface area contributed by atoms with Gasteiger partial charge in [0, 0.05) is 18.8 Å². The molecule has 1 fully saturated rings. The van der Waals surface area contributed by atoms with E-state index >= 15 is 0 Å². The maximum atomic E-state index is 11.8. The molecule has 0 saturated carbocycles. The summed E-state index contributed by atoms with van der Waals surface area (Å²) in [6.07, 6.45) is 5.00. The van der Waals surface area contributed by atoms with Crippen LogP contribution >= 0.6 is 0 Å². The van der Waals surface area contributed by atoms with Crippen LogP contribution < -0.4 is 11.1 Å². The van der Waals surface area contributed by atoms with E-state index in [0.717, 1.165) is 6.42 Å². The fourth-order valence-electron chi connectivity index (χ4n) is 2.34. The lowest BCUT2D eigenvalue weighted by atomic mass is 10.1. The summed E-state index contributed by atoms with van der Waals surface area (Å²) in [5.41, 5.74) is 6.04. The third kappa shape index (κ3) is 3.20. The zero-order valence-corrected chi connectivity index (χ0v) is 10.7. The molecule has 0 spiro atoms. The van der Waals surface area contributed by atoms with Crippen LogP contribution in [0.25, 0.3) is 0 Å². The molecule has 0 aliphatic carbocycles. The predicted octanol–water partition coefficient (Wildman–Crippen LogP) is 0.878. The van der Waals surface area contributed by atoms with Gasteiger partial charge in [-0.3, -0.25) is 4.79 Å². The van der Waals surface area contributed by atoms with Crippen molar-refractivity contribution in [3.63, 3.8) is 0 Å². The average molecular weight is 248 g/mol. The molecule has 98 valence electrons. The van der Waals surface area contributed by atoms with Crippen LogP contribution in [0, 0.1) is 0 Å². The van der Waals surface area contributed by atoms with Gasteiger partial charge in [-0.15, -0.1) is 0 Å². The third-order valence-corrected chi connectivity index (χ3v) is 3.48. The largest absolute Gasteiger partial charge is 0.384 e. The highest BCUT2D eigenvalue weighted by atomic mass is 16.1. The van der Waals surface area contributed by atoms with E-state index in [-0.39, 0.29) is 5.91 Å². The molecule has 1 amide bonds. The Labute approximate surface area is 107 Å². The number of hydrogen-bond donors (Lipinski definition) is 2. The van der Waals surface area contributed by atoms with Crippen molar-refractivity contribution in [1.82, 2.24) is 15.2 Å². The minimum atomic E-state index is -0.0804. The van der Waals surface area contributed by atoms with Gasteiger partial charge >= 0.3 is 0 Å². The van der Waals surface area contributed by atoms with Crippen LogP contribution in [0.2, 0.25) is 0 Å². The first-order chi connectivity index (χ1) is 8.66. The topological polar surface area (TPSA) is 71.2 Å². The molecule has 1 saturated heterocycles. The van der Waals surface area contributed by atoms with Crippen LogP contribution in [0.4, 0.5) is 5.82 Å². The molecule has 2 heterocycles. The van der Waals surface area contributed by atoms with E-state index in [1.165, 1.54) is 25.6 Å². The molecule has 5 heteroatoms. The molecule has 0 bridgehead atoms. The number of carbonyl (C=O) groups excluding carboxylic acids is 1.